The number of halogens is 1. The van der Waals surface area contributed by atoms with E-state index in [-0.39, 0.29) is 0 Å². The minimum Gasteiger partial charge on any atom is -0.370 e. The van der Waals surface area contributed by atoms with Gasteiger partial charge in [0.25, 0.3) is 0 Å². The highest BCUT2D eigenvalue weighted by molar-refractivity contribution is 6.33. The molecule has 0 aromatic heterocycles. The fraction of sp³-hybridized carbons (Fsp3) is 0.647. The molecule has 1 aromatic rings. The van der Waals surface area contributed by atoms with Gasteiger partial charge < -0.3 is 10.2 Å². The van der Waals surface area contributed by atoms with Crippen molar-refractivity contribution in [2.45, 2.75) is 58.5 Å². The van der Waals surface area contributed by atoms with Crippen molar-refractivity contribution in [3.63, 3.8) is 0 Å². The smallest absolute Gasteiger partial charge is 0.0642 e. The lowest BCUT2D eigenvalue weighted by molar-refractivity contribution is 0.552. The Morgan fingerprint density at radius 1 is 1.10 bits per heavy atom. The molecule has 0 radical (unpaired) electrons. The van der Waals surface area contributed by atoms with Crippen molar-refractivity contribution < 1.29 is 0 Å². The molecule has 0 spiro atoms. The van der Waals surface area contributed by atoms with Gasteiger partial charge in [-0.3, -0.25) is 0 Å². The molecule has 0 amide bonds. The zero-order chi connectivity index (χ0) is 14.4. The number of nitrogens with zero attached hydrogens (tertiary/aromatic N) is 1. The Morgan fingerprint density at radius 3 is 2.40 bits per heavy atom. The fourth-order valence-corrected chi connectivity index (χ4v) is 3.16. The normalized spacial score (nSPS) is 17.1. The van der Waals surface area contributed by atoms with Crippen LogP contribution in [0.1, 0.15) is 51.5 Å². The van der Waals surface area contributed by atoms with Gasteiger partial charge in [0.2, 0.25) is 0 Å². The Morgan fingerprint density at radius 2 is 1.75 bits per heavy atom. The number of rotatable bonds is 4. The Kier molecular flexibility index (Phi) is 6.18. The molecular weight excluding hydrogens is 268 g/mol. The number of nitrogens with one attached hydrogen (secondary N) is 1. The molecule has 112 valence electrons. The van der Waals surface area contributed by atoms with Crippen LogP contribution in [0.3, 0.4) is 0 Å². The van der Waals surface area contributed by atoms with Crippen molar-refractivity contribution in [3.05, 3.63) is 28.8 Å². The van der Waals surface area contributed by atoms with E-state index in [1.54, 1.807) is 0 Å². The van der Waals surface area contributed by atoms with Crippen LogP contribution >= 0.6 is 11.6 Å². The van der Waals surface area contributed by atoms with Gasteiger partial charge in [-0.15, -0.1) is 0 Å². The number of para-hydroxylation sites is 1. The van der Waals surface area contributed by atoms with Crippen molar-refractivity contribution in [2.75, 3.05) is 18.0 Å². The number of hydrogen-bond acceptors (Lipinski definition) is 2. The third kappa shape index (κ3) is 4.39. The molecule has 0 saturated carbocycles. The molecule has 0 aliphatic carbocycles. The summed E-state index contributed by atoms with van der Waals surface area (Å²) in [6.07, 6.45) is 6.64. The SMILES string of the molecule is CC(C)NCc1cccc(Cl)c1N1CCCCCCC1. The molecule has 0 bridgehead atoms. The van der Waals surface area contributed by atoms with Crippen molar-refractivity contribution >= 4 is 17.3 Å². The maximum absolute atomic E-state index is 6.50. The Labute approximate surface area is 128 Å². The van der Waals surface area contributed by atoms with Crippen molar-refractivity contribution in [1.29, 1.82) is 0 Å². The van der Waals surface area contributed by atoms with E-state index in [0.717, 1.165) is 24.7 Å². The van der Waals surface area contributed by atoms with E-state index in [1.165, 1.54) is 43.4 Å². The van der Waals surface area contributed by atoms with E-state index in [0.29, 0.717) is 6.04 Å². The summed E-state index contributed by atoms with van der Waals surface area (Å²) < 4.78 is 0. The highest BCUT2D eigenvalue weighted by Gasteiger charge is 2.16. The average molecular weight is 295 g/mol. The highest BCUT2D eigenvalue weighted by Crippen LogP contribution is 2.31. The largest absolute Gasteiger partial charge is 0.370 e. The first kappa shape index (κ1) is 15.7. The van der Waals surface area contributed by atoms with Crippen LogP contribution in [-0.4, -0.2) is 19.1 Å². The van der Waals surface area contributed by atoms with Crippen molar-refractivity contribution in [3.8, 4) is 0 Å². The molecule has 2 rings (SSSR count). The van der Waals surface area contributed by atoms with Gasteiger partial charge in [-0.25, -0.2) is 0 Å². The summed E-state index contributed by atoms with van der Waals surface area (Å²) in [7, 11) is 0. The minimum absolute atomic E-state index is 0.495. The van der Waals surface area contributed by atoms with Crippen LogP contribution in [0.15, 0.2) is 18.2 Å². The van der Waals surface area contributed by atoms with Crippen LogP contribution in [0.5, 0.6) is 0 Å². The zero-order valence-electron chi connectivity index (χ0n) is 12.8. The summed E-state index contributed by atoms with van der Waals surface area (Å²) in [6, 6.07) is 6.78. The van der Waals surface area contributed by atoms with Crippen LogP contribution in [0, 0.1) is 0 Å². The van der Waals surface area contributed by atoms with Crippen molar-refractivity contribution in [1.82, 2.24) is 5.32 Å². The number of benzene rings is 1. The lowest BCUT2D eigenvalue weighted by Crippen LogP contribution is -2.30. The Hall–Kier alpha value is -0.730. The first-order valence-corrected chi connectivity index (χ1v) is 8.32. The molecular formula is C17H27ClN2. The second-order valence-electron chi connectivity index (χ2n) is 6.04. The standard InChI is InChI=1S/C17H27ClN2/c1-14(2)19-13-15-9-8-10-16(18)17(15)20-11-6-4-3-5-7-12-20/h8-10,14,19H,3-7,11-13H2,1-2H3. The summed E-state index contributed by atoms with van der Waals surface area (Å²) in [6.45, 7) is 7.53. The summed E-state index contributed by atoms with van der Waals surface area (Å²) >= 11 is 6.50. The minimum atomic E-state index is 0.495. The molecule has 1 aliphatic rings. The Balaban J connectivity index is 2.18. The molecule has 20 heavy (non-hydrogen) atoms. The molecule has 3 heteroatoms. The van der Waals surface area contributed by atoms with Gasteiger partial charge in [0.1, 0.15) is 0 Å². The fourth-order valence-electron chi connectivity index (χ4n) is 2.84. The Bertz CT molecular complexity index is 409. The quantitative estimate of drug-likeness (QED) is 0.872. The van der Waals surface area contributed by atoms with Gasteiger partial charge in [-0.05, 0) is 24.5 Å². The molecule has 1 heterocycles. The second kappa shape index (κ2) is 7.90. The molecule has 0 unspecified atom stereocenters. The number of anilines is 1. The van der Waals surface area contributed by atoms with Gasteiger partial charge in [0.05, 0.1) is 10.7 Å². The number of hydrogen-bond donors (Lipinski definition) is 1. The van der Waals surface area contributed by atoms with Crippen LogP contribution < -0.4 is 10.2 Å². The first-order chi connectivity index (χ1) is 9.68. The lowest BCUT2D eigenvalue weighted by Gasteiger charge is -2.30. The topological polar surface area (TPSA) is 15.3 Å². The van der Waals surface area contributed by atoms with E-state index >= 15 is 0 Å². The van der Waals surface area contributed by atoms with E-state index in [1.807, 2.05) is 6.07 Å². The van der Waals surface area contributed by atoms with E-state index in [4.69, 9.17) is 11.6 Å². The average Bonchev–Trinajstić information content (AvgIpc) is 2.37. The van der Waals surface area contributed by atoms with Crippen LogP contribution in [-0.2, 0) is 6.54 Å². The second-order valence-corrected chi connectivity index (χ2v) is 6.45. The molecule has 2 nitrogen and oxygen atoms in total. The molecule has 1 fully saturated rings. The lowest BCUT2D eigenvalue weighted by atomic mass is 10.1. The van der Waals surface area contributed by atoms with E-state index in [9.17, 15) is 0 Å². The third-order valence-corrected chi connectivity index (χ3v) is 4.25. The highest BCUT2D eigenvalue weighted by atomic mass is 35.5. The maximum Gasteiger partial charge on any atom is 0.0642 e. The maximum atomic E-state index is 6.50. The van der Waals surface area contributed by atoms with Crippen LogP contribution in [0.2, 0.25) is 5.02 Å². The van der Waals surface area contributed by atoms with Crippen LogP contribution in [0.25, 0.3) is 0 Å². The predicted molar refractivity (Wildman–Crippen MR) is 88.7 cm³/mol. The van der Waals surface area contributed by atoms with E-state index in [2.05, 4.69) is 36.2 Å². The molecule has 0 atom stereocenters. The summed E-state index contributed by atoms with van der Waals surface area (Å²) in [5.41, 5.74) is 2.58. The first-order valence-electron chi connectivity index (χ1n) is 7.94. The molecule has 1 N–H and O–H groups in total. The van der Waals surface area contributed by atoms with Gasteiger partial charge >= 0.3 is 0 Å². The molecule has 1 aromatic carbocycles. The molecule has 1 aliphatic heterocycles. The van der Waals surface area contributed by atoms with Gasteiger partial charge in [0.15, 0.2) is 0 Å². The van der Waals surface area contributed by atoms with Gasteiger partial charge in [-0.2, -0.15) is 0 Å². The predicted octanol–water partition coefficient (Wildman–Crippen LogP) is 4.61. The van der Waals surface area contributed by atoms with E-state index < -0.39 is 0 Å². The van der Waals surface area contributed by atoms with Crippen molar-refractivity contribution in [2.24, 2.45) is 0 Å². The summed E-state index contributed by atoms with van der Waals surface area (Å²) in [4.78, 5) is 2.50. The monoisotopic (exact) mass is 294 g/mol. The summed E-state index contributed by atoms with van der Waals surface area (Å²) in [5, 5.41) is 4.41. The molecule has 1 saturated heterocycles. The van der Waals surface area contributed by atoms with Crippen LogP contribution in [0.4, 0.5) is 5.69 Å². The third-order valence-electron chi connectivity index (χ3n) is 3.94. The zero-order valence-corrected chi connectivity index (χ0v) is 13.5. The van der Waals surface area contributed by atoms with Gasteiger partial charge in [0, 0.05) is 25.7 Å². The summed E-state index contributed by atoms with van der Waals surface area (Å²) in [5.74, 6) is 0. The van der Waals surface area contributed by atoms with Gasteiger partial charge in [-0.1, -0.05) is 56.8 Å².